The number of hydrogen-bond acceptors (Lipinski definition) is 7. The molecule has 7 nitrogen and oxygen atoms in total. The second-order valence-electron chi connectivity index (χ2n) is 10.5. The van der Waals surface area contributed by atoms with E-state index in [0.717, 1.165) is 25.7 Å². The third-order valence-corrected chi connectivity index (χ3v) is 6.95. The molecular weight excluding hydrogens is 412 g/mol. The first kappa shape index (κ1) is 28.3. The topological polar surface area (TPSA) is 107 Å². The van der Waals surface area contributed by atoms with Gasteiger partial charge in [0, 0.05) is 31.6 Å². The number of Topliss-reactive ketones (excluding diaryl/α,β-unsaturated/α-hetero) is 2. The largest absolute Gasteiger partial charge is 0.463 e. The number of aliphatic hydroxyl groups is 1. The summed E-state index contributed by atoms with van der Waals surface area (Å²) in [7, 11) is 0. The second-order valence-corrected chi connectivity index (χ2v) is 10.5. The molecule has 0 heterocycles. The molecule has 7 heteroatoms. The van der Waals surface area contributed by atoms with Crippen molar-refractivity contribution in [3.8, 4) is 0 Å². The lowest BCUT2D eigenvalue weighted by atomic mass is 9.53. The molecular formula is C25H42O7. The molecule has 184 valence electrons. The third-order valence-electron chi connectivity index (χ3n) is 6.95. The third kappa shape index (κ3) is 9.00. The maximum absolute atomic E-state index is 13.3. The summed E-state index contributed by atoms with van der Waals surface area (Å²) < 4.78 is 9.72. The number of esters is 2. The smallest absolute Gasteiger partial charge is 0.306 e. The van der Waals surface area contributed by atoms with Crippen LogP contribution in [0.15, 0.2) is 0 Å². The van der Waals surface area contributed by atoms with E-state index >= 15 is 0 Å². The Hall–Kier alpha value is -1.76. The van der Waals surface area contributed by atoms with Crippen LogP contribution in [0.2, 0.25) is 0 Å². The van der Waals surface area contributed by atoms with Crippen LogP contribution in [0.3, 0.4) is 0 Å². The van der Waals surface area contributed by atoms with Gasteiger partial charge in [-0.15, -0.1) is 0 Å². The minimum absolute atomic E-state index is 0.0144. The zero-order chi connectivity index (χ0) is 24.5. The second kappa shape index (κ2) is 12.5. The van der Waals surface area contributed by atoms with E-state index in [2.05, 4.69) is 25.5 Å². The lowest BCUT2D eigenvalue weighted by Crippen LogP contribution is -2.47. The Kier molecular flexibility index (Phi) is 11.0. The highest BCUT2D eigenvalue weighted by atomic mass is 16.6. The van der Waals surface area contributed by atoms with E-state index < -0.39 is 23.5 Å². The van der Waals surface area contributed by atoms with E-state index in [-0.39, 0.29) is 48.5 Å². The van der Waals surface area contributed by atoms with Gasteiger partial charge < -0.3 is 19.4 Å². The van der Waals surface area contributed by atoms with Crippen LogP contribution in [-0.4, -0.2) is 47.9 Å². The average Bonchev–Trinajstić information content (AvgIpc) is 2.67. The maximum Gasteiger partial charge on any atom is 0.306 e. The van der Waals surface area contributed by atoms with E-state index in [1.165, 1.54) is 6.92 Å². The van der Waals surface area contributed by atoms with Crippen molar-refractivity contribution in [2.45, 2.75) is 99.0 Å². The van der Waals surface area contributed by atoms with Gasteiger partial charge in [0.15, 0.2) is 0 Å². The molecule has 1 fully saturated rings. The SMILES string of the molecule is CC(=O)CC[C@@H]1C(C)(C)CCC[C@@]1(C)C(=O)CC[C@@H](C)CC(=O)OCC(O)COC(C)=O. The van der Waals surface area contributed by atoms with Gasteiger partial charge in [-0.05, 0) is 49.9 Å². The molecule has 0 saturated heterocycles. The Balaban J connectivity index is 2.56. The van der Waals surface area contributed by atoms with Gasteiger partial charge >= 0.3 is 11.9 Å². The van der Waals surface area contributed by atoms with Gasteiger partial charge in [-0.25, -0.2) is 0 Å². The molecule has 0 bridgehead atoms. The molecule has 1 N–H and O–H groups in total. The number of carbonyl (C=O) groups excluding carboxylic acids is 4. The molecule has 0 aliphatic heterocycles. The lowest BCUT2D eigenvalue weighted by Gasteiger charge is -2.50. The van der Waals surface area contributed by atoms with Crippen molar-refractivity contribution in [2.24, 2.45) is 22.7 Å². The molecule has 1 saturated carbocycles. The van der Waals surface area contributed by atoms with Gasteiger partial charge in [-0.3, -0.25) is 14.4 Å². The Morgan fingerprint density at radius 3 is 2.22 bits per heavy atom. The summed E-state index contributed by atoms with van der Waals surface area (Å²) in [6.07, 6.45) is 4.23. The highest BCUT2D eigenvalue weighted by Crippen LogP contribution is 2.54. The van der Waals surface area contributed by atoms with Gasteiger partial charge in [-0.2, -0.15) is 0 Å². The highest BCUT2D eigenvalue weighted by Gasteiger charge is 2.49. The molecule has 0 spiro atoms. The van der Waals surface area contributed by atoms with E-state index in [4.69, 9.17) is 4.74 Å². The van der Waals surface area contributed by atoms with Crippen molar-refractivity contribution in [1.82, 2.24) is 0 Å². The number of hydrogen-bond donors (Lipinski definition) is 1. The molecule has 1 rings (SSSR count). The Morgan fingerprint density at radius 2 is 1.62 bits per heavy atom. The van der Waals surface area contributed by atoms with E-state index in [1.807, 2.05) is 6.92 Å². The van der Waals surface area contributed by atoms with Crippen LogP contribution >= 0.6 is 0 Å². The average molecular weight is 455 g/mol. The summed E-state index contributed by atoms with van der Waals surface area (Å²) in [5, 5.41) is 9.65. The molecule has 1 unspecified atom stereocenters. The quantitative estimate of drug-likeness (QED) is 0.419. The molecule has 1 aliphatic carbocycles. The minimum Gasteiger partial charge on any atom is -0.463 e. The molecule has 0 amide bonds. The first-order valence-electron chi connectivity index (χ1n) is 11.8. The Bertz CT molecular complexity index is 669. The van der Waals surface area contributed by atoms with Gasteiger partial charge in [0.2, 0.25) is 0 Å². The number of rotatable bonds is 13. The van der Waals surface area contributed by atoms with Crippen LogP contribution in [0.1, 0.15) is 92.9 Å². The summed E-state index contributed by atoms with van der Waals surface area (Å²) in [6, 6.07) is 0. The van der Waals surface area contributed by atoms with Gasteiger partial charge in [-0.1, -0.05) is 34.1 Å². The van der Waals surface area contributed by atoms with Crippen LogP contribution in [-0.2, 0) is 28.7 Å². The van der Waals surface area contributed by atoms with Crippen molar-refractivity contribution in [1.29, 1.82) is 0 Å². The molecule has 0 aromatic rings. The van der Waals surface area contributed by atoms with Crippen molar-refractivity contribution >= 4 is 23.5 Å². The summed E-state index contributed by atoms with van der Waals surface area (Å²) in [5.74, 6) is -0.447. The van der Waals surface area contributed by atoms with Crippen LogP contribution in [0.5, 0.6) is 0 Å². The molecule has 0 aromatic heterocycles. The predicted molar refractivity (Wildman–Crippen MR) is 121 cm³/mol. The standard InChI is InChI=1S/C25H42O7/c1-17(14-23(30)32-16-20(28)15-31-19(3)27)8-11-22(29)25(6)13-7-12-24(4,5)21(25)10-9-18(2)26/h17,20-21,28H,7-16H2,1-6H3/t17-,20?,21-,25-/m1/s1. The number of aliphatic hydroxyl groups excluding tert-OH is 1. The van der Waals surface area contributed by atoms with Gasteiger partial charge in [0.05, 0.1) is 0 Å². The molecule has 4 atom stereocenters. The molecule has 0 radical (unpaired) electrons. The lowest BCUT2D eigenvalue weighted by molar-refractivity contribution is -0.152. The van der Waals surface area contributed by atoms with Crippen LogP contribution in [0.4, 0.5) is 0 Å². The monoisotopic (exact) mass is 454 g/mol. The predicted octanol–water partition coefficient (Wildman–Crippen LogP) is 4.03. The maximum atomic E-state index is 13.3. The van der Waals surface area contributed by atoms with Crippen LogP contribution < -0.4 is 0 Å². The summed E-state index contributed by atoms with van der Waals surface area (Å²) in [5.41, 5.74) is -0.432. The normalized spacial score (nSPS) is 24.3. The summed E-state index contributed by atoms with van der Waals surface area (Å²) in [6.45, 7) is 10.8. The van der Waals surface area contributed by atoms with Crippen LogP contribution in [0.25, 0.3) is 0 Å². The molecule has 1 aliphatic rings. The first-order chi connectivity index (χ1) is 14.8. The van der Waals surface area contributed by atoms with Crippen molar-refractivity contribution in [3.05, 3.63) is 0 Å². The Labute approximate surface area is 192 Å². The van der Waals surface area contributed by atoms with Gasteiger partial charge in [0.25, 0.3) is 0 Å². The molecule has 32 heavy (non-hydrogen) atoms. The van der Waals surface area contributed by atoms with Gasteiger partial charge in [0.1, 0.15) is 30.9 Å². The van der Waals surface area contributed by atoms with E-state index in [1.54, 1.807) is 6.92 Å². The van der Waals surface area contributed by atoms with Crippen LogP contribution in [0, 0.1) is 22.7 Å². The van der Waals surface area contributed by atoms with Crippen molar-refractivity contribution in [3.63, 3.8) is 0 Å². The zero-order valence-corrected chi connectivity index (χ0v) is 20.7. The fourth-order valence-electron chi connectivity index (χ4n) is 5.07. The van der Waals surface area contributed by atoms with E-state index in [0.29, 0.717) is 19.3 Å². The van der Waals surface area contributed by atoms with Crippen molar-refractivity contribution in [2.75, 3.05) is 13.2 Å². The fraction of sp³-hybridized carbons (Fsp3) is 0.840. The van der Waals surface area contributed by atoms with E-state index in [9.17, 15) is 24.3 Å². The fourth-order valence-corrected chi connectivity index (χ4v) is 5.07. The Morgan fingerprint density at radius 1 is 1.00 bits per heavy atom. The summed E-state index contributed by atoms with van der Waals surface area (Å²) in [4.78, 5) is 47.7. The summed E-state index contributed by atoms with van der Waals surface area (Å²) >= 11 is 0. The van der Waals surface area contributed by atoms with Crippen molar-refractivity contribution < 1.29 is 33.8 Å². The number of ether oxygens (including phenoxy) is 2. The molecule has 0 aromatic carbocycles. The number of carbonyl (C=O) groups is 4. The first-order valence-corrected chi connectivity index (χ1v) is 11.8. The highest BCUT2D eigenvalue weighted by molar-refractivity contribution is 5.85. The number of ketones is 2. The minimum atomic E-state index is -1.05. The zero-order valence-electron chi connectivity index (χ0n) is 20.7.